The fourth-order valence-corrected chi connectivity index (χ4v) is 4.21. The molecule has 2 N–H and O–H groups in total. The molecule has 0 saturated heterocycles. The molecule has 34 heavy (non-hydrogen) atoms. The van der Waals surface area contributed by atoms with Gasteiger partial charge in [-0.2, -0.15) is 14.6 Å². The molecule has 4 heterocycles. The highest BCUT2D eigenvalue weighted by atomic mass is 35.5. The number of hydrogen-bond acceptors (Lipinski definition) is 8. The van der Waals surface area contributed by atoms with Crippen molar-refractivity contribution in [3.63, 3.8) is 0 Å². The van der Waals surface area contributed by atoms with Gasteiger partial charge in [0.25, 0.3) is 5.78 Å². The summed E-state index contributed by atoms with van der Waals surface area (Å²) in [5, 5.41) is 16.3. The summed E-state index contributed by atoms with van der Waals surface area (Å²) in [6.07, 6.45) is 7.16. The standard InChI is InChI=1S/C23H21ClN10/c1-15-10-20(27-12-23(7-8-23)19-4-2-3-9-26-19)34-22(29-15)31-21(32-34)30-17-11-16(24)5-6-18(17)33-14-25-13-28-33/h2-6,9-11,13-14,27H,7-8,12H2,1H3,(H,30,32). The van der Waals surface area contributed by atoms with Gasteiger partial charge in [0.15, 0.2) is 0 Å². The lowest BCUT2D eigenvalue weighted by atomic mass is 10.0. The molecule has 1 fully saturated rings. The minimum atomic E-state index is 0.0555. The summed E-state index contributed by atoms with van der Waals surface area (Å²) < 4.78 is 3.36. The van der Waals surface area contributed by atoms with Crippen molar-refractivity contribution in [1.29, 1.82) is 0 Å². The van der Waals surface area contributed by atoms with Gasteiger partial charge in [-0.15, -0.1) is 5.10 Å². The summed E-state index contributed by atoms with van der Waals surface area (Å²) in [6, 6.07) is 13.5. The topological polar surface area (TPSA) is 111 Å². The number of aryl methyl sites for hydroxylation is 1. The van der Waals surface area contributed by atoms with E-state index in [4.69, 9.17) is 11.6 Å². The first-order chi connectivity index (χ1) is 16.6. The molecule has 0 radical (unpaired) electrons. The Bertz CT molecular complexity index is 1460. The third-order valence-electron chi connectivity index (χ3n) is 5.98. The number of nitrogens with one attached hydrogen (secondary N) is 2. The zero-order chi connectivity index (χ0) is 23.1. The van der Waals surface area contributed by atoms with Crippen LogP contribution in [0.3, 0.4) is 0 Å². The second-order valence-electron chi connectivity index (χ2n) is 8.41. The van der Waals surface area contributed by atoms with Crippen LogP contribution >= 0.6 is 11.6 Å². The van der Waals surface area contributed by atoms with Crippen molar-refractivity contribution in [2.75, 3.05) is 17.2 Å². The van der Waals surface area contributed by atoms with Crippen molar-refractivity contribution < 1.29 is 0 Å². The summed E-state index contributed by atoms with van der Waals surface area (Å²) in [7, 11) is 0. The molecule has 0 bridgehead atoms. The van der Waals surface area contributed by atoms with Crippen LogP contribution in [0.25, 0.3) is 11.5 Å². The predicted octanol–water partition coefficient (Wildman–Crippen LogP) is 3.95. The van der Waals surface area contributed by atoms with Crippen LogP contribution in [0.2, 0.25) is 5.02 Å². The molecule has 0 aliphatic heterocycles. The van der Waals surface area contributed by atoms with Gasteiger partial charge in [-0.3, -0.25) is 4.98 Å². The Labute approximate surface area is 200 Å². The van der Waals surface area contributed by atoms with Crippen LogP contribution in [0.15, 0.2) is 61.3 Å². The number of anilines is 3. The third-order valence-corrected chi connectivity index (χ3v) is 6.22. The van der Waals surface area contributed by atoms with Crippen LogP contribution < -0.4 is 10.6 Å². The van der Waals surface area contributed by atoms with Gasteiger partial charge in [0, 0.05) is 40.6 Å². The lowest BCUT2D eigenvalue weighted by Crippen LogP contribution is -2.22. The molecule has 170 valence electrons. The number of aromatic nitrogens is 8. The van der Waals surface area contributed by atoms with Gasteiger partial charge in [0.1, 0.15) is 18.5 Å². The molecule has 11 heteroatoms. The van der Waals surface area contributed by atoms with Gasteiger partial charge in [-0.05, 0) is 50.1 Å². The Morgan fingerprint density at radius 2 is 2.03 bits per heavy atom. The van der Waals surface area contributed by atoms with Crippen molar-refractivity contribution in [3.8, 4) is 5.69 Å². The van der Waals surface area contributed by atoms with Gasteiger partial charge in [-0.1, -0.05) is 17.7 Å². The molecular formula is C23H21ClN10. The first-order valence-corrected chi connectivity index (χ1v) is 11.3. The summed E-state index contributed by atoms with van der Waals surface area (Å²) in [5.41, 5.74) is 3.50. The second-order valence-corrected chi connectivity index (χ2v) is 8.84. The number of benzene rings is 1. The van der Waals surface area contributed by atoms with Crippen molar-refractivity contribution in [2.45, 2.75) is 25.2 Å². The number of hydrogen-bond donors (Lipinski definition) is 2. The van der Waals surface area contributed by atoms with Crippen LogP contribution in [0.1, 0.15) is 24.2 Å². The van der Waals surface area contributed by atoms with E-state index in [-0.39, 0.29) is 5.41 Å². The lowest BCUT2D eigenvalue weighted by molar-refractivity contribution is 0.697. The maximum absolute atomic E-state index is 6.25. The van der Waals surface area contributed by atoms with E-state index >= 15 is 0 Å². The van der Waals surface area contributed by atoms with Gasteiger partial charge in [0.2, 0.25) is 5.95 Å². The average molecular weight is 473 g/mol. The number of rotatable bonds is 7. The van der Waals surface area contributed by atoms with Crippen LogP contribution in [-0.2, 0) is 5.41 Å². The molecule has 6 rings (SSSR count). The molecule has 0 spiro atoms. The molecule has 5 aromatic rings. The van der Waals surface area contributed by atoms with Crippen molar-refractivity contribution in [2.24, 2.45) is 0 Å². The minimum absolute atomic E-state index is 0.0555. The molecule has 0 amide bonds. The second kappa shape index (κ2) is 8.07. The molecule has 0 unspecified atom stereocenters. The number of pyridine rings is 1. The lowest BCUT2D eigenvalue weighted by Gasteiger charge is -2.16. The van der Waals surface area contributed by atoms with E-state index in [0.717, 1.165) is 42.3 Å². The highest BCUT2D eigenvalue weighted by Gasteiger charge is 2.45. The molecular weight excluding hydrogens is 452 g/mol. The smallest absolute Gasteiger partial charge is 0.256 e. The zero-order valence-corrected chi connectivity index (χ0v) is 19.1. The van der Waals surface area contributed by atoms with Crippen molar-refractivity contribution in [1.82, 2.24) is 39.3 Å². The van der Waals surface area contributed by atoms with Crippen molar-refractivity contribution >= 4 is 34.8 Å². The Balaban J connectivity index is 1.30. The minimum Gasteiger partial charge on any atom is -0.369 e. The molecule has 1 aliphatic rings. The van der Waals surface area contributed by atoms with E-state index in [0.29, 0.717) is 22.4 Å². The zero-order valence-electron chi connectivity index (χ0n) is 18.4. The Kier molecular flexibility index (Phi) is 4.88. The quantitative estimate of drug-likeness (QED) is 0.366. The molecule has 1 aromatic carbocycles. The van der Waals surface area contributed by atoms with E-state index in [1.165, 1.54) is 6.33 Å². The van der Waals surface area contributed by atoms with Gasteiger partial charge < -0.3 is 10.6 Å². The van der Waals surface area contributed by atoms with Crippen LogP contribution in [0.5, 0.6) is 0 Å². The normalized spacial score (nSPS) is 14.3. The third kappa shape index (κ3) is 3.81. The van der Waals surface area contributed by atoms with Gasteiger partial charge >= 0.3 is 0 Å². The first kappa shape index (κ1) is 20.5. The fraction of sp³-hybridized carbons (Fsp3) is 0.217. The van der Waals surface area contributed by atoms with E-state index in [1.54, 1.807) is 27.7 Å². The summed E-state index contributed by atoms with van der Waals surface area (Å²) in [5.74, 6) is 1.72. The van der Waals surface area contributed by atoms with Crippen LogP contribution in [0, 0.1) is 6.92 Å². The molecule has 0 atom stereocenters. The fourth-order valence-electron chi connectivity index (χ4n) is 4.04. The summed E-state index contributed by atoms with van der Waals surface area (Å²) in [4.78, 5) is 17.7. The summed E-state index contributed by atoms with van der Waals surface area (Å²) >= 11 is 6.25. The maximum Gasteiger partial charge on any atom is 0.256 e. The molecule has 1 aliphatic carbocycles. The maximum atomic E-state index is 6.25. The van der Waals surface area contributed by atoms with Crippen molar-refractivity contribution in [3.05, 3.63) is 77.7 Å². The number of halogens is 1. The summed E-state index contributed by atoms with van der Waals surface area (Å²) in [6.45, 7) is 2.70. The Morgan fingerprint density at radius 1 is 1.12 bits per heavy atom. The largest absolute Gasteiger partial charge is 0.369 e. The molecule has 10 nitrogen and oxygen atoms in total. The highest BCUT2D eigenvalue weighted by Crippen LogP contribution is 2.47. The van der Waals surface area contributed by atoms with Crippen LogP contribution in [-0.4, -0.2) is 45.9 Å². The van der Waals surface area contributed by atoms with Crippen LogP contribution in [0.4, 0.5) is 17.5 Å². The first-order valence-electron chi connectivity index (χ1n) is 10.9. The Hall–Kier alpha value is -4.05. The highest BCUT2D eigenvalue weighted by molar-refractivity contribution is 6.31. The number of fused-ring (bicyclic) bond motifs is 1. The van der Waals surface area contributed by atoms with E-state index in [9.17, 15) is 0 Å². The monoisotopic (exact) mass is 472 g/mol. The number of nitrogens with zero attached hydrogens (tertiary/aromatic N) is 8. The van der Waals surface area contributed by atoms with Gasteiger partial charge in [-0.25, -0.2) is 14.6 Å². The van der Waals surface area contributed by atoms with E-state index < -0.39 is 0 Å². The Morgan fingerprint density at radius 3 is 2.79 bits per heavy atom. The van der Waals surface area contributed by atoms with Gasteiger partial charge in [0.05, 0.1) is 11.4 Å². The van der Waals surface area contributed by atoms with E-state index in [2.05, 4.69) is 46.8 Å². The SMILES string of the molecule is Cc1cc(NCC2(c3ccccn3)CC2)n2nc(Nc3cc(Cl)ccc3-n3cncn3)nc2n1. The predicted molar refractivity (Wildman–Crippen MR) is 129 cm³/mol. The molecule has 4 aromatic heterocycles. The van der Waals surface area contributed by atoms with E-state index in [1.807, 2.05) is 37.4 Å². The average Bonchev–Trinajstić information content (AvgIpc) is 3.22. The molecule has 1 saturated carbocycles.